The molecule has 0 spiro atoms. The lowest BCUT2D eigenvalue weighted by molar-refractivity contribution is -0.155. The van der Waals surface area contributed by atoms with Gasteiger partial charge in [-0.15, -0.1) is 0 Å². The highest BCUT2D eigenvalue weighted by Gasteiger charge is 2.42. The summed E-state index contributed by atoms with van der Waals surface area (Å²) in [5.74, 6) is 1.66. The van der Waals surface area contributed by atoms with E-state index in [1.165, 1.54) is 0 Å². The average molecular weight is 314 g/mol. The summed E-state index contributed by atoms with van der Waals surface area (Å²) in [6, 6.07) is 14.0. The Bertz CT molecular complexity index is 680. The van der Waals surface area contributed by atoms with E-state index in [0.29, 0.717) is 6.61 Å². The van der Waals surface area contributed by atoms with Crippen molar-refractivity contribution in [3.63, 3.8) is 0 Å². The molecule has 0 amide bonds. The van der Waals surface area contributed by atoms with E-state index in [0.717, 1.165) is 28.2 Å². The third kappa shape index (κ3) is 2.69. The van der Waals surface area contributed by atoms with Gasteiger partial charge in [-0.25, -0.2) is 0 Å². The molecule has 0 saturated heterocycles. The van der Waals surface area contributed by atoms with Gasteiger partial charge < -0.3 is 18.9 Å². The monoisotopic (exact) mass is 314 g/mol. The van der Waals surface area contributed by atoms with Crippen molar-refractivity contribution in [1.82, 2.24) is 0 Å². The number of rotatable bonds is 4. The average Bonchev–Trinajstić information content (AvgIpc) is 2.61. The molecule has 0 bridgehead atoms. The minimum Gasteiger partial charge on any atom is -0.497 e. The zero-order chi connectivity index (χ0) is 16.4. The Morgan fingerprint density at radius 1 is 0.957 bits per heavy atom. The maximum atomic E-state index is 6.23. The molecule has 23 heavy (non-hydrogen) atoms. The van der Waals surface area contributed by atoms with Crippen molar-refractivity contribution in [2.24, 2.45) is 0 Å². The smallest absolute Gasteiger partial charge is 0.121 e. The zero-order valence-electron chi connectivity index (χ0n) is 14.0. The highest BCUT2D eigenvalue weighted by molar-refractivity contribution is 5.42. The number of hydrogen-bond acceptors (Lipinski definition) is 4. The van der Waals surface area contributed by atoms with Crippen molar-refractivity contribution in [2.75, 3.05) is 21.3 Å². The maximum Gasteiger partial charge on any atom is 0.121 e. The first-order valence-corrected chi connectivity index (χ1v) is 7.60. The molecular weight excluding hydrogens is 292 g/mol. The first-order valence-electron chi connectivity index (χ1n) is 7.60. The summed E-state index contributed by atoms with van der Waals surface area (Å²) in [6.07, 6.45) is -0.189. The van der Waals surface area contributed by atoms with Crippen LogP contribution in [-0.2, 0) is 21.7 Å². The van der Waals surface area contributed by atoms with Crippen LogP contribution in [0.5, 0.6) is 11.5 Å². The normalized spacial score (nSPS) is 23.2. The Morgan fingerprint density at radius 3 is 2.22 bits per heavy atom. The standard InChI is InChI=1S/C19H22O4/c1-19(14-5-7-15(20-2)8-6-14)18(22-4)17-10-9-16(21-3)11-13(17)12-23-19/h5-11,18H,12H2,1-4H3. The van der Waals surface area contributed by atoms with E-state index in [1.54, 1.807) is 21.3 Å². The summed E-state index contributed by atoms with van der Waals surface area (Å²) in [6.45, 7) is 2.59. The fourth-order valence-electron chi connectivity index (χ4n) is 3.20. The molecule has 0 radical (unpaired) electrons. The molecule has 2 unspecified atom stereocenters. The molecule has 4 heteroatoms. The number of hydrogen-bond donors (Lipinski definition) is 0. The van der Waals surface area contributed by atoms with E-state index in [1.807, 2.05) is 36.4 Å². The summed E-state index contributed by atoms with van der Waals surface area (Å²) in [5, 5.41) is 0. The lowest BCUT2D eigenvalue weighted by Crippen LogP contribution is -2.38. The second-order valence-electron chi connectivity index (χ2n) is 5.80. The summed E-state index contributed by atoms with van der Waals surface area (Å²) in [7, 11) is 5.05. The Hall–Kier alpha value is -2.04. The third-order valence-corrected chi connectivity index (χ3v) is 4.56. The number of fused-ring (bicyclic) bond motifs is 1. The quantitative estimate of drug-likeness (QED) is 0.859. The predicted molar refractivity (Wildman–Crippen MR) is 87.9 cm³/mol. The van der Waals surface area contributed by atoms with E-state index < -0.39 is 5.60 Å². The van der Waals surface area contributed by atoms with Crippen LogP contribution in [0.25, 0.3) is 0 Å². The van der Waals surface area contributed by atoms with Crippen LogP contribution in [-0.4, -0.2) is 21.3 Å². The van der Waals surface area contributed by atoms with Gasteiger partial charge in [0.05, 0.1) is 20.8 Å². The van der Waals surface area contributed by atoms with E-state index in [2.05, 4.69) is 13.0 Å². The molecule has 4 nitrogen and oxygen atoms in total. The van der Waals surface area contributed by atoms with E-state index in [9.17, 15) is 0 Å². The third-order valence-electron chi connectivity index (χ3n) is 4.56. The Balaban J connectivity index is 2.01. The minimum atomic E-state index is -0.553. The minimum absolute atomic E-state index is 0.189. The van der Waals surface area contributed by atoms with E-state index >= 15 is 0 Å². The van der Waals surface area contributed by atoms with Gasteiger partial charge in [-0.1, -0.05) is 18.2 Å². The zero-order valence-corrected chi connectivity index (χ0v) is 14.0. The fourth-order valence-corrected chi connectivity index (χ4v) is 3.20. The molecular formula is C19H22O4. The molecule has 2 aromatic carbocycles. The van der Waals surface area contributed by atoms with Crippen molar-refractivity contribution < 1.29 is 18.9 Å². The molecule has 0 aromatic heterocycles. The molecule has 0 fully saturated rings. The van der Waals surface area contributed by atoms with Gasteiger partial charge in [-0.2, -0.15) is 0 Å². The van der Waals surface area contributed by atoms with Gasteiger partial charge in [-0.3, -0.25) is 0 Å². The molecule has 0 aliphatic carbocycles. The Kier molecular flexibility index (Phi) is 4.28. The second-order valence-corrected chi connectivity index (χ2v) is 5.80. The largest absolute Gasteiger partial charge is 0.497 e. The van der Waals surface area contributed by atoms with Crippen LogP contribution in [0, 0.1) is 0 Å². The highest BCUT2D eigenvalue weighted by Crippen LogP contribution is 2.46. The number of ether oxygens (including phenoxy) is 4. The number of methoxy groups -OCH3 is 3. The molecule has 0 saturated carbocycles. The van der Waals surface area contributed by atoms with Gasteiger partial charge in [-0.05, 0) is 47.9 Å². The van der Waals surface area contributed by atoms with Crippen LogP contribution in [0.4, 0.5) is 0 Å². The van der Waals surface area contributed by atoms with Gasteiger partial charge in [0.1, 0.15) is 23.2 Å². The molecule has 1 heterocycles. The first-order chi connectivity index (χ1) is 11.1. The van der Waals surface area contributed by atoms with Crippen LogP contribution in [0.15, 0.2) is 42.5 Å². The molecule has 1 aliphatic rings. The molecule has 122 valence electrons. The van der Waals surface area contributed by atoms with Crippen molar-refractivity contribution in [1.29, 1.82) is 0 Å². The van der Waals surface area contributed by atoms with E-state index in [-0.39, 0.29) is 6.10 Å². The molecule has 0 N–H and O–H groups in total. The van der Waals surface area contributed by atoms with Gasteiger partial charge in [0.25, 0.3) is 0 Å². The first kappa shape index (κ1) is 15.8. The lowest BCUT2D eigenvalue weighted by atomic mass is 9.82. The lowest BCUT2D eigenvalue weighted by Gasteiger charge is -2.42. The van der Waals surface area contributed by atoms with Crippen LogP contribution >= 0.6 is 0 Å². The topological polar surface area (TPSA) is 36.9 Å². The number of benzene rings is 2. The molecule has 2 aromatic rings. The van der Waals surface area contributed by atoms with Gasteiger partial charge >= 0.3 is 0 Å². The maximum absolute atomic E-state index is 6.23. The van der Waals surface area contributed by atoms with Gasteiger partial charge in [0, 0.05) is 7.11 Å². The summed E-state index contributed by atoms with van der Waals surface area (Å²) in [4.78, 5) is 0. The SMILES string of the molecule is COc1ccc(C2(C)OCc3cc(OC)ccc3C2OC)cc1. The Morgan fingerprint density at radius 2 is 1.61 bits per heavy atom. The molecule has 1 aliphatic heterocycles. The highest BCUT2D eigenvalue weighted by atomic mass is 16.5. The van der Waals surface area contributed by atoms with Crippen molar-refractivity contribution >= 4 is 0 Å². The van der Waals surface area contributed by atoms with Crippen LogP contribution in [0.3, 0.4) is 0 Å². The second kappa shape index (κ2) is 6.22. The van der Waals surface area contributed by atoms with Crippen LogP contribution < -0.4 is 9.47 Å². The van der Waals surface area contributed by atoms with E-state index in [4.69, 9.17) is 18.9 Å². The van der Waals surface area contributed by atoms with Gasteiger partial charge in [0.15, 0.2) is 0 Å². The van der Waals surface area contributed by atoms with Crippen molar-refractivity contribution in [3.05, 3.63) is 59.2 Å². The summed E-state index contributed by atoms with van der Waals surface area (Å²) < 4.78 is 22.6. The summed E-state index contributed by atoms with van der Waals surface area (Å²) >= 11 is 0. The van der Waals surface area contributed by atoms with Crippen LogP contribution in [0.2, 0.25) is 0 Å². The van der Waals surface area contributed by atoms with Crippen molar-refractivity contribution in [3.8, 4) is 11.5 Å². The molecule has 3 rings (SSSR count). The summed E-state index contributed by atoms with van der Waals surface area (Å²) in [5.41, 5.74) is 2.74. The fraction of sp³-hybridized carbons (Fsp3) is 0.368. The Labute approximate surface area is 136 Å². The van der Waals surface area contributed by atoms with Crippen LogP contribution in [0.1, 0.15) is 29.7 Å². The molecule has 2 atom stereocenters. The van der Waals surface area contributed by atoms with Gasteiger partial charge in [0.2, 0.25) is 0 Å². The van der Waals surface area contributed by atoms with Crippen molar-refractivity contribution in [2.45, 2.75) is 25.2 Å². The predicted octanol–water partition coefficient (Wildman–Crippen LogP) is 3.84.